The summed E-state index contributed by atoms with van der Waals surface area (Å²) in [5.74, 6) is 0. The van der Waals surface area contributed by atoms with Crippen molar-refractivity contribution in [2.24, 2.45) is 0 Å². The van der Waals surface area contributed by atoms with Gasteiger partial charge in [-0.05, 0) is 18.0 Å². The lowest BCUT2D eigenvalue weighted by molar-refractivity contribution is 0.238. The normalized spacial score (nSPS) is 13.2. The molecule has 0 bridgehead atoms. The van der Waals surface area contributed by atoms with E-state index < -0.39 is 0 Å². The average molecular weight is 187 g/mol. The zero-order chi connectivity index (χ0) is 8.81. The van der Waals surface area contributed by atoms with Gasteiger partial charge in [0.1, 0.15) is 0 Å². The Hall–Kier alpha value is -0.520. The van der Waals surface area contributed by atoms with Crippen LogP contribution in [0.1, 0.15) is 19.0 Å². The Kier molecular flexibility index (Phi) is 4.13. The van der Waals surface area contributed by atoms with Gasteiger partial charge in [-0.1, -0.05) is 11.4 Å². The molecule has 1 aromatic heterocycles. The van der Waals surface area contributed by atoms with Crippen LogP contribution in [-0.2, 0) is 6.54 Å². The summed E-state index contributed by atoms with van der Waals surface area (Å²) in [6.07, 6.45) is 0.925. The highest BCUT2D eigenvalue weighted by Gasteiger charge is 2.03. The fourth-order valence-electron chi connectivity index (χ4n) is 0.848. The third kappa shape index (κ3) is 2.84. The lowest BCUT2D eigenvalue weighted by Crippen LogP contribution is -2.31. The average Bonchev–Trinajstić information content (AvgIpc) is 2.59. The fraction of sp³-hybridized carbons (Fsp3) is 0.714. The van der Waals surface area contributed by atoms with Crippen LogP contribution in [0.2, 0.25) is 0 Å². The molecule has 0 saturated carbocycles. The van der Waals surface area contributed by atoms with Crippen LogP contribution in [0.4, 0.5) is 0 Å². The lowest BCUT2D eigenvalue weighted by Gasteiger charge is -2.11. The first-order valence-electron chi connectivity index (χ1n) is 3.97. The molecule has 0 spiro atoms. The van der Waals surface area contributed by atoms with Crippen molar-refractivity contribution >= 4 is 11.5 Å². The summed E-state index contributed by atoms with van der Waals surface area (Å²) in [6, 6.07) is 0.173. The zero-order valence-corrected chi connectivity index (χ0v) is 7.84. The number of aliphatic hydroxyl groups is 1. The molecule has 1 aromatic rings. The second kappa shape index (κ2) is 5.18. The maximum Gasteiger partial charge on any atom is 0.0893 e. The van der Waals surface area contributed by atoms with Crippen molar-refractivity contribution in [1.82, 2.24) is 14.9 Å². The van der Waals surface area contributed by atoms with E-state index in [9.17, 15) is 0 Å². The van der Waals surface area contributed by atoms with Crippen molar-refractivity contribution < 1.29 is 5.11 Å². The predicted molar refractivity (Wildman–Crippen MR) is 47.9 cm³/mol. The Balaban J connectivity index is 2.25. The fourth-order valence-corrected chi connectivity index (χ4v) is 1.30. The summed E-state index contributed by atoms with van der Waals surface area (Å²) in [5, 5.41) is 17.8. The molecule has 1 atom stereocenters. The van der Waals surface area contributed by atoms with Gasteiger partial charge >= 0.3 is 0 Å². The van der Waals surface area contributed by atoms with Gasteiger partial charge in [-0.3, -0.25) is 0 Å². The van der Waals surface area contributed by atoms with Gasteiger partial charge in [0.15, 0.2) is 0 Å². The quantitative estimate of drug-likeness (QED) is 0.700. The molecule has 0 unspecified atom stereocenters. The molecular formula is C7H13N3OS. The second-order valence-electron chi connectivity index (χ2n) is 2.56. The molecule has 0 aromatic carbocycles. The maximum absolute atomic E-state index is 8.86. The molecule has 2 N–H and O–H groups in total. The first-order valence-corrected chi connectivity index (χ1v) is 4.80. The van der Waals surface area contributed by atoms with Crippen LogP contribution in [-0.4, -0.2) is 27.3 Å². The van der Waals surface area contributed by atoms with E-state index in [1.54, 1.807) is 0 Å². The standard InChI is InChI=1S/C7H13N3OS/c1-2-6(4-11)8-3-7-5-12-10-9-7/h5-6,8,11H,2-4H2,1H3/t6-/m1/s1. The number of hydrogen-bond donors (Lipinski definition) is 2. The lowest BCUT2D eigenvalue weighted by atomic mass is 10.2. The van der Waals surface area contributed by atoms with Crippen molar-refractivity contribution in [2.75, 3.05) is 6.61 Å². The van der Waals surface area contributed by atoms with Crippen molar-refractivity contribution in [2.45, 2.75) is 25.9 Å². The van der Waals surface area contributed by atoms with Gasteiger partial charge in [0.2, 0.25) is 0 Å². The molecule has 4 nitrogen and oxygen atoms in total. The Bertz CT molecular complexity index is 198. The van der Waals surface area contributed by atoms with Gasteiger partial charge in [-0.2, -0.15) is 0 Å². The molecule has 1 heterocycles. The summed E-state index contributed by atoms with van der Waals surface area (Å²) in [7, 11) is 0. The minimum atomic E-state index is 0.173. The van der Waals surface area contributed by atoms with Crippen molar-refractivity contribution in [3.8, 4) is 0 Å². The van der Waals surface area contributed by atoms with E-state index in [0.29, 0.717) is 6.54 Å². The highest BCUT2D eigenvalue weighted by atomic mass is 32.1. The summed E-state index contributed by atoms with van der Waals surface area (Å²) >= 11 is 1.34. The smallest absolute Gasteiger partial charge is 0.0893 e. The van der Waals surface area contributed by atoms with Gasteiger partial charge < -0.3 is 10.4 Å². The van der Waals surface area contributed by atoms with Crippen LogP contribution in [0.3, 0.4) is 0 Å². The minimum absolute atomic E-state index is 0.173. The zero-order valence-electron chi connectivity index (χ0n) is 7.03. The van der Waals surface area contributed by atoms with Crippen molar-refractivity contribution in [1.29, 1.82) is 0 Å². The second-order valence-corrected chi connectivity index (χ2v) is 3.17. The molecule has 68 valence electrons. The summed E-state index contributed by atoms with van der Waals surface area (Å²) < 4.78 is 3.74. The van der Waals surface area contributed by atoms with Gasteiger partial charge in [0.25, 0.3) is 0 Å². The highest BCUT2D eigenvalue weighted by molar-refractivity contribution is 7.03. The largest absolute Gasteiger partial charge is 0.395 e. The number of aromatic nitrogens is 2. The summed E-state index contributed by atoms with van der Waals surface area (Å²) in [5.41, 5.74) is 0.937. The van der Waals surface area contributed by atoms with Crippen LogP contribution in [0.25, 0.3) is 0 Å². The van der Waals surface area contributed by atoms with Crippen LogP contribution < -0.4 is 5.32 Å². The van der Waals surface area contributed by atoms with Crippen LogP contribution in [0.5, 0.6) is 0 Å². The van der Waals surface area contributed by atoms with E-state index in [-0.39, 0.29) is 12.6 Å². The molecule has 0 aliphatic carbocycles. The van der Waals surface area contributed by atoms with Gasteiger partial charge in [-0.15, -0.1) is 5.10 Å². The van der Waals surface area contributed by atoms with Crippen LogP contribution >= 0.6 is 11.5 Å². The maximum atomic E-state index is 8.86. The number of aliphatic hydroxyl groups excluding tert-OH is 1. The van der Waals surface area contributed by atoms with Gasteiger partial charge in [0.05, 0.1) is 12.3 Å². The third-order valence-corrected chi connectivity index (χ3v) is 2.24. The molecule has 1 rings (SSSR count). The van der Waals surface area contributed by atoms with E-state index in [1.807, 2.05) is 12.3 Å². The number of nitrogens with zero attached hydrogens (tertiary/aromatic N) is 2. The number of rotatable bonds is 5. The molecule has 0 saturated heterocycles. The minimum Gasteiger partial charge on any atom is -0.395 e. The van der Waals surface area contributed by atoms with E-state index >= 15 is 0 Å². The Morgan fingerprint density at radius 2 is 2.58 bits per heavy atom. The number of nitrogens with one attached hydrogen (secondary N) is 1. The van der Waals surface area contributed by atoms with E-state index in [4.69, 9.17) is 5.11 Å². The van der Waals surface area contributed by atoms with Crippen LogP contribution in [0.15, 0.2) is 5.38 Å². The molecule has 5 heteroatoms. The summed E-state index contributed by atoms with van der Waals surface area (Å²) in [4.78, 5) is 0. The molecular weight excluding hydrogens is 174 g/mol. The Labute approximate surface area is 75.8 Å². The summed E-state index contributed by atoms with van der Waals surface area (Å²) in [6.45, 7) is 2.90. The molecule has 0 aliphatic heterocycles. The Morgan fingerprint density at radius 3 is 3.08 bits per heavy atom. The number of hydrogen-bond acceptors (Lipinski definition) is 5. The molecule has 0 radical (unpaired) electrons. The molecule has 12 heavy (non-hydrogen) atoms. The molecule has 0 fully saturated rings. The predicted octanol–water partition coefficient (Wildman–Crippen LogP) is 0.399. The van der Waals surface area contributed by atoms with E-state index in [1.165, 1.54) is 11.5 Å². The SMILES string of the molecule is CC[C@H](CO)NCc1csnn1. The first kappa shape index (κ1) is 9.57. The van der Waals surface area contributed by atoms with Gasteiger partial charge in [0, 0.05) is 18.0 Å². The van der Waals surface area contributed by atoms with Crippen LogP contribution in [0, 0.1) is 0 Å². The Morgan fingerprint density at radius 1 is 1.75 bits per heavy atom. The molecule has 0 amide bonds. The third-order valence-electron chi connectivity index (χ3n) is 1.69. The molecule has 0 aliphatic rings. The van der Waals surface area contributed by atoms with Gasteiger partial charge in [-0.25, -0.2) is 0 Å². The van der Waals surface area contributed by atoms with E-state index in [0.717, 1.165) is 12.1 Å². The van der Waals surface area contributed by atoms with Crippen molar-refractivity contribution in [3.05, 3.63) is 11.1 Å². The van der Waals surface area contributed by atoms with Crippen molar-refractivity contribution in [3.63, 3.8) is 0 Å². The first-order chi connectivity index (χ1) is 5.86. The highest BCUT2D eigenvalue weighted by Crippen LogP contribution is 1.97. The van der Waals surface area contributed by atoms with E-state index in [2.05, 4.69) is 14.9 Å². The monoisotopic (exact) mass is 187 g/mol. The topological polar surface area (TPSA) is 58.0 Å².